The summed E-state index contributed by atoms with van der Waals surface area (Å²) in [4.78, 5) is 1.04. The molecule has 7 heteroatoms. The minimum Gasteiger partial charge on any atom is -0.323 e. The third-order valence-corrected chi connectivity index (χ3v) is 4.51. The number of nitrogens with two attached hydrogens (primary N) is 1. The smallest absolute Gasteiger partial charge is 0.0850 e. The van der Waals surface area contributed by atoms with Gasteiger partial charge >= 0.3 is 0 Å². The number of hydrogen-bond donors (Lipinski definition) is 1. The van der Waals surface area contributed by atoms with Crippen LogP contribution in [0.5, 0.6) is 0 Å². The van der Waals surface area contributed by atoms with E-state index in [1.807, 2.05) is 18.7 Å². The van der Waals surface area contributed by atoms with Gasteiger partial charge in [-0.1, -0.05) is 29.9 Å². The van der Waals surface area contributed by atoms with E-state index in [1.54, 1.807) is 0 Å². The maximum Gasteiger partial charge on any atom is 0.0850 e. The number of aryl methyl sites for hydroxylation is 3. The molecule has 1 atom stereocenters. The first-order valence-electron chi connectivity index (χ1n) is 6.35. The molecule has 104 valence electrons. The summed E-state index contributed by atoms with van der Waals surface area (Å²) in [6.45, 7) is 4.10. The van der Waals surface area contributed by atoms with Crippen LogP contribution in [-0.2, 0) is 26.3 Å². The quantitative estimate of drug-likeness (QED) is 0.919. The van der Waals surface area contributed by atoms with Gasteiger partial charge in [0.05, 0.1) is 27.0 Å². The van der Waals surface area contributed by atoms with Gasteiger partial charge in [0.15, 0.2) is 0 Å². The third kappa shape index (κ3) is 2.80. The Kier molecular flexibility index (Phi) is 4.54. The van der Waals surface area contributed by atoms with Crippen LogP contribution in [-0.4, -0.2) is 19.4 Å². The molecule has 0 saturated carbocycles. The Hall–Kier alpha value is -0.980. The maximum absolute atomic E-state index is 6.34. The van der Waals surface area contributed by atoms with Gasteiger partial charge in [-0.05, 0) is 24.4 Å². The van der Waals surface area contributed by atoms with Crippen LogP contribution < -0.4 is 5.73 Å². The Bertz CT molecular complexity index is 562. The number of rotatable bonds is 5. The topological polar surface area (TPSA) is 69.6 Å². The molecule has 0 amide bonds. The van der Waals surface area contributed by atoms with Crippen molar-refractivity contribution in [3.63, 3.8) is 0 Å². The molecular weight excluding hydrogens is 282 g/mol. The predicted molar refractivity (Wildman–Crippen MR) is 77.5 cm³/mol. The molecule has 2 heterocycles. The van der Waals surface area contributed by atoms with E-state index in [-0.39, 0.29) is 6.04 Å². The van der Waals surface area contributed by atoms with Gasteiger partial charge < -0.3 is 5.73 Å². The van der Waals surface area contributed by atoms with Gasteiger partial charge in [0, 0.05) is 19.5 Å². The lowest BCUT2D eigenvalue weighted by molar-refractivity contribution is 0.639. The van der Waals surface area contributed by atoms with Gasteiger partial charge in [-0.25, -0.2) is 0 Å². The highest BCUT2D eigenvalue weighted by Gasteiger charge is 2.20. The fraction of sp³-hybridized carbons (Fsp3) is 0.583. The summed E-state index contributed by atoms with van der Waals surface area (Å²) < 4.78 is 5.80. The number of aromatic nitrogens is 4. The van der Waals surface area contributed by atoms with Gasteiger partial charge in [0.2, 0.25) is 0 Å². The largest absolute Gasteiger partial charge is 0.323 e. The van der Waals surface area contributed by atoms with Crippen molar-refractivity contribution in [2.24, 2.45) is 12.8 Å². The lowest BCUT2D eigenvalue weighted by Crippen LogP contribution is -2.16. The summed E-state index contributed by atoms with van der Waals surface area (Å²) in [6.07, 6.45) is 2.32. The van der Waals surface area contributed by atoms with Gasteiger partial charge in [0.25, 0.3) is 0 Å². The van der Waals surface area contributed by atoms with E-state index in [2.05, 4.69) is 21.6 Å². The Morgan fingerprint density at radius 1 is 1.32 bits per heavy atom. The molecule has 2 aromatic heterocycles. The fourth-order valence-electron chi connectivity index (χ4n) is 2.08. The second kappa shape index (κ2) is 5.98. The molecule has 2 aromatic rings. The van der Waals surface area contributed by atoms with Crippen LogP contribution in [0.2, 0.25) is 5.02 Å². The minimum atomic E-state index is -0.132. The van der Waals surface area contributed by atoms with Gasteiger partial charge in [-0.3, -0.25) is 4.68 Å². The molecule has 5 nitrogen and oxygen atoms in total. The van der Waals surface area contributed by atoms with Crippen molar-refractivity contribution in [2.75, 3.05) is 0 Å². The number of halogens is 1. The standard InChI is InChI=1S/C12H18ClN5S/c1-4-8-11(13)10(18(3)16-8)6-7(14)12-9(5-2)15-17-19-12/h7H,4-6,14H2,1-3H3. The van der Waals surface area contributed by atoms with E-state index in [0.29, 0.717) is 6.42 Å². The molecule has 0 aliphatic rings. The van der Waals surface area contributed by atoms with Crippen molar-refractivity contribution in [3.8, 4) is 0 Å². The van der Waals surface area contributed by atoms with Crippen molar-refractivity contribution in [2.45, 2.75) is 39.2 Å². The first-order valence-corrected chi connectivity index (χ1v) is 7.50. The summed E-state index contributed by atoms with van der Waals surface area (Å²) in [7, 11) is 1.90. The second-order valence-corrected chi connectivity index (χ2v) is 5.60. The number of hydrogen-bond acceptors (Lipinski definition) is 5. The van der Waals surface area contributed by atoms with Gasteiger partial charge in [-0.2, -0.15) is 5.10 Å². The van der Waals surface area contributed by atoms with Crippen LogP contribution in [0.3, 0.4) is 0 Å². The predicted octanol–water partition coefficient (Wildman–Crippen LogP) is 2.29. The monoisotopic (exact) mass is 299 g/mol. The normalized spacial score (nSPS) is 12.9. The molecule has 0 radical (unpaired) electrons. The average molecular weight is 300 g/mol. The van der Waals surface area contributed by atoms with Crippen molar-refractivity contribution in [3.05, 3.63) is 27.0 Å². The van der Waals surface area contributed by atoms with Crippen LogP contribution in [0.15, 0.2) is 0 Å². The van der Waals surface area contributed by atoms with Gasteiger partial charge in [-0.15, -0.1) is 5.10 Å². The Balaban J connectivity index is 2.24. The highest BCUT2D eigenvalue weighted by atomic mass is 35.5. The molecule has 0 aromatic carbocycles. The summed E-state index contributed by atoms with van der Waals surface area (Å²) in [6, 6.07) is -0.132. The first kappa shape index (κ1) is 14.4. The average Bonchev–Trinajstić information content (AvgIpc) is 2.97. The Morgan fingerprint density at radius 2 is 2.00 bits per heavy atom. The Labute approximate surface area is 121 Å². The molecule has 0 fully saturated rings. The van der Waals surface area contributed by atoms with Crippen molar-refractivity contribution < 1.29 is 0 Å². The minimum absolute atomic E-state index is 0.132. The summed E-state index contributed by atoms with van der Waals surface area (Å²) >= 11 is 7.71. The molecule has 0 aliphatic carbocycles. The highest BCUT2D eigenvalue weighted by molar-refractivity contribution is 7.05. The molecule has 2 rings (SSSR count). The number of nitrogens with zero attached hydrogens (tertiary/aromatic N) is 4. The molecule has 0 spiro atoms. The van der Waals surface area contributed by atoms with E-state index in [9.17, 15) is 0 Å². The van der Waals surface area contributed by atoms with E-state index in [1.165, 1.54) is 11.5 Å². The lowest BCUT2D eigenvalue weighted by atomic mass is 10.1. The van der Waals surface area contributed by atoms with Crippen molar-refractivity contribution in [1.29, 1.82) is 0 Å². The van der Waals surface area contributed by atoms with Crippen LogP contribution in [0.25, 0.3) is 0 Å². The van der Waals surface area contributed by atoms with E-state index in [4.69, 9.17) is 17.3 Å². The van der Waals surface area contributed by atoms with E-state index in [0.717, 1.165) is 39.8 Å². The van der Waals surface area contributed by atoms with Crippen LogP contribution >= 0.6 is 23.1 Å². The van der Waals surface area contributed by atoms with Crippen molar-refractivity contribution >= 4 is 23.1 Å². The molecule has 1 unspecified atom stereocenters. The van der Waals surface area contributed by atoms with Crippen LogP contribution in [0.4, 0.5) is 0 Å². The molecule has 0 bridgehead atoms. The van der Waals surface area contributed by atoms with Gasteiger partial charge in [0.1, 0.15) is 0 Å². The molecular formula is C12H18ClN5S. The van der Waals surface area contributed by atoms with Crippen LogP contribution in [0.1, 0.15) is 41.8 Å². The maximum atomic E-state index is 6.34. The van der Waals surface area contributed by atoms with Crippen molar-refractivity contribution in [1.82, 2.24) is 19.4 Å². The SMILES string of the molecule is CCc1nnsc1C(N)Cc1c(Cl)c(CC)nn1C. The summed E-state index contributed by atoms with van der Waals surface area (Å²) in [5.74, 6) is 0. The summed E-state index contributed by atoms with van der Waals surface area (Å²) in [5.41, 5.74) is 9.14. The zero-order valence-electron chi connectivity index (χ0n) is 11.4. The highest BCUT2D eigenvalue weighted by Crippen LogP contribution is 2.27. The third-order valence-electron chi connectivity index (χ3n) is 3.17. The second-order valence-electron chi connectivity index (χ2n) is 4.43. The fourth-order valence-corrected chi connectivity index (χ4v) is 3.19. The lowest BCUT2D eigenvalue weighted by Gasteiger charge is -2.11. The zero-order chi connectivity index (χ0) is 14.0. The van der Waals surface area contributed by atoms with E-state index >= 15 is 0 Å². The zero-order valence-corrected chi connectivity index (χ0v) is 12.9. The van der Waals surface area contributed by atoms with E-state index < -0.39 is 0 Å². The first-order chi connectivity index (χ1) is 9.08. The Morgan fingerprint density at radius 3 is 2.58 bits per heavy atom. The van der Waals surface area contributed by atoms with Crippen LogP contribution in [0, 0.1) is 0 Å². The molecule has 2 N–H and O–H groups in total. The molecule has 0 aliphatic heterocycles. The summed E-state index contributed by atoms with van der Waals surface area (Å²) in [5, 5.41) is 9.24. The molecule has 0 saturated heterocycles. The molecule has 19 heavy (non-hydrogen) atoms.